The quantitative estimate of drug-likeness (QED) is 0.678. The molecule has 27 heavy (non-hydrogen) atoms. The summed E-state index contributed by atoms with van der Waals surface area (Å²) >= 11 is 1.66. The number of esters is 1. The van der Waals surface area contributed by atoms with E-state index in [1.807, 2.05) is 31.2 Å². The molecule has 0 N–H and O–H groups in total. The van der Waals surface area contributed by atoms with Gasteiger partial charge in [-0.1, -0.05) is 18.2 Å². The van der Waals surface area contributed by atoms with E-state index in [2.05, 4.69) is 26.9 Å². The van der Waals surface area contributed by atoms with Gasteiger partial charge in [0, 0.05) is 24.5 Å². The minimum Gasteiger partial charge on any atom is -0.482 e. The Kier molecular flexibility index (Phi) is 6.82. The molecule has 0 spiro atoms. The minimum atomic E-state index is -0.382. The van der Waals surface area contributed by atoms with Gasteiger partial charge in [0.25, 0.3) is 0 Å². The molecule has 1 aromatic heterocycles. The topological polar surface area (TPSA) is 60.9 Å². The maximum Gasteiger partial charge on any atom is 0.343 e. The zero-order chi connectivity index (χ0) is 19.2. The third-order valence-electron chi connectivity index (χ3n) is 4.75. The monoisotopic (exact) mass is 390 g/mol. The van der Waals surface area contributed by atoms with E-state index in [9.17, 15) is 4.79 Å². The summed E-state index contributed by atoms with van der Waals surface area (Å²) in [5.74, 6) is 0.349. The molecule has 1 fully saturated rings. The van der Waals surface area contributed by atoms with E-state index in [0.717, 1.165) is 41.5 Å². The van der Waals surface area contributed by atoms with Crippen molar-refractivity contribution in [3.8, 4) is 5.75 Å². The van der Waals surface area contributed by atoms with Crippen LogP contribution in [0.25, 0.3) is 0 Å². The van der Waals surface area contributed by atoms with Gasteiger partial charge in [-0.3, -0.25) is 4.90 Å². The van der Waals surface area contributed by atoms with Crippen molar-refractivity contribution in [1.29, 1.82) is 0 Å². The number of hydrogen-bond acceptors (Lipinski definition) is 7. The summed E-state index contributed by atoms with van der Waals surface area (Å²) in [6.45, 7) is 6.58. The first-order chi connectivity index (χ1) is 13.1. The number of morpholine rings is 1. The molecule has 3 rings (SSSR count). The standard InChI is InChI=1S/C20H26N2O4S/c1-14(10-16-6-4-5-7-18(16)26-12-20(23)24-3)22-8-9-25-19(11-22)17-13-27-15(2)21-17/h4-7,13-14,19H,8-12H2,1-3H3. The first kappa shape index (κ1) is 19.8. The van der Waals surface area contributed by atoms with Crippen molar-refractivity contribution in [2.24, 2.45) is 0 Å². The van der Waals surface area contributed by atoms with Crippen LogP contribution in [0.1, 0.15) is 29.3 Å². The Hall–Kier alpha value is -1.96. The fraction of sp³-hybridized carbons (Fsp3) is 0.500. The molecule has 2 aromatic rings. The van der Waals surface area contributed by atoms with E-state index in [0.29, 0.717) is 12.6 Å². The molecule has 1 aromatic carbocycles. The van der Waals surface area contributed by atoms with E-state index < -0.39 is 0 Å². The van der Waals surface area contributed by atoms with E-state index >= 15 is 0 Å². The predicted molar refractivity (Wildman–Crippen MR) is 104 cm³/mol. The van der Waals surface area contributed by atoms with E-state index in [4.69, 9.17) is 9.47 Å². The Morgan fingerprint density at radius 3 is 3.00 bits per heavy atom. The predicted octanol–water partition coefficient (Wildman–Crippen LogP) is 3.01. The van der Waals surface area contributed by atoms with Gasteiger partial charge in [-0.05, 0) is 31.9 Å². The average molecular weight is 391 g/mol. The molecule has 1 saturated heterocycles. The van der Waals surface area contributed by atoms with Crippen molar-refractivity contribution >= 4 is 17.3 Å². The van der Waals surface area contributed by atoms with Gasteiger partial charge in [0.15, 0.2) is 6.61 Å². The molecule has 2 atom stereocenters. The number of hydrogen-bond donors (Lipinski definition) is 0. The highest BCUT2D eigenvalue weighted by Gasteiger charge is 2.27. The van der Waals surface area contributed by atoms with Crippen LogP contribution < -0.4 is 4.74 Å². The summed E-state index contributed by atoms with van der Waals surface area (Å²) in [6, 6.07) is 8.17. The number of methoxy groups -OCH3 is 1. The van der Waals surface area contributed by atoms with Crippen molar-refractivity contribution in [2.75, 3.05) is 33.4 Å². The number of carbonyl (C=O) groups is 1. The number of para-hydroxylation sites is 1. The number of ether oxygens (including phenoxy) is 3. The molecule has 0 saturated carbocycles. The number of aryl methyl sites for hydroxylation is 1. The fourth-order valence-corrected chi connectivity index (χ4v) is 3.89. The molecule has 2 heterocycles. The number of aromatic nitrogens is 1. The van der Waals surface area contributed by atoms with Crippen molar-refractivity contribution < 1.29 is 19.0 Å². The smallest absolute Gasteiger partial charge is 0.343 e. The lowest BCUT2D eigenvalue weighted by Gasteiger charge is -2.36. The highest BCUT2D eigenvalue weighted by atomic mass is 32.1. The van der Waals surface area contributed by atoms with Crippen LogP contribution in [0.3, 0.4) is 0 Å². The highest BCUT2D eigenvalue weighted by molar-refractivity contribution is 7.09. The molecule has 0 radical (unpaired) electrons. The normalized spacial score (nSPS) is 18.9. The van der Waals surface area contributed by atoms with Crippen LogP contribution in [0, 0.1) is 6.92 Å². The molecule has 0 bridgehead atoms. The maximum atomic E-state index is 11.4. The van der Waals surface area contributed by atoms with Gasteiger partial charge >= 0.3 is 5.97 Å². The zero-order valence-corrected chi connectivity index (χ0v) is 16.8. The molecule has 0 amide bonds. The Morgan fingerprint density at radius 2 is 2.26 bits per heavy atom. The fourth-order valence-electron chi connectivity index (χ4n) is 3.23. The van der Waals surface area contributed by atoms with Crippen molar-refractivity contribution in [2.45, 2.75) is 32.4 Å². The van der Waals surface area contributed by atoms with Gasteiger partial charge in [0.1, 0.15) is 11.9 Å². The highest BCUT2D eigenvalue weighted by Crippen LogP contribution is 2.27. The number of nitrogens with zero attached hydrogens (tertiary/aromatic N) is 2. The molecule has 146 valence electrons. The third kappa shape index (κ3) is 5.28. The second-order valence-electron chi connectivity index (χ2n) is 6.67. The zero-order valence-electron chi connectivity index (χ0n) is 16.0. The van der Waals surface area contributed by atoms with Gasteiger partial charge in [-0.2, -0.15) is 0 Å². The molecule has 7 heteroatoms. The summed E-state index contributed by atoms with van der Waals surface area (Å²) in [7, 11) is 1.36. The Bertz CT molecular complexity index is 764. The average Bonchev–Trinajstić information content (AvgIpc) is 3.13. The lowest BCUT2D eigenvalue weighted by Crippen LogP contribution is -2.44. The molecular weight excluding hydrogens is 364 g/mol. The molecule has 1 aliphatic rings. The van der Waals surface area contributed by atoms with Gasteiger partial charge in [0.05, 0.1) is 24.4 Å². The van der Waals surface area contributed by atoms with Crippen molar-refractivity contribution in [1.82, 2.24) is 9.88 Å². The minimum absolute atomic E-state index is 0.0250. The van der Waals surface area contributed by atoms with Gasteiger partial charge in [-0.25, -0.2) is 9.78 Å². The molecule has 2 unspecified atom stereocenters. The summed E-state index contributed by atoms with van der Waals surface area (Å²) in [6.07, 6.45) is 0.858. The lowest BCUT2D eigenvalue weighted by atomic mass is 10.0. The van der Waals surface area contributed by atoms with E-state index in [1.165, 1.54) is 7.11 Å². The largest absolute Gasteiger partial charge is 0.482 e. The molecule has 1 aliphatic heterocycles. The van der Waals surface area contributed by atoms with Crippen LogP contribution in [0.15, 0.2) is 29.6 Å². The molecular formula is C20H26N2O4S. The summed E-state index contributed by atoms with van der Waals surface area (Å²) in [5, 5.41) is 3.15. The van der Waals surface area contributed by atoms with E-state index in [1.54, 1.807) is 11.3 Å². The van der Waals surface area contributed by atoms with Crippen LogP contribution in [0.4, 0.5) is 0 Å². The summed E-state index contributed by atoms with van der Waals surface area (Å²) < 4.78 is 16.2. The van der Waals surface area contributed by atoms with Gasteiger partial charge in [0.2, 0.25) is 0 Å². The van der Waals surface area contributed by atoms with Crippen LogP contribution >= 0.6 is 11.3 Å². The molecule has 0 aliphatic carbocycles. The van der Waals surface area contributed by atoms with Crippen molar-refractivity contribution in [3.63, 3.8) is 0 Å². The molecule has 6 nitrogen and oxygen atoms in total. The van der Waals surface area contributed by atoms with Crippen LogP contribution in [0.5, 0.6) is 5.75 Å². The number of rotatable bonds is 7. The van der Waals surface area contributed by atoms with Crippen LogP contribution in [-0.2, 0) is 20.7 Å². The van der Waals surface area contributed by atoms with Crippen LogP contribution in [0.2, 0.25) is 0 Å². The van der Waals surface area contributed by atoms with Gasteiger partial charge in [-0.15, -0.1) is 11.3 Å². The summed E-state index contributed by atoms with van der Waals surface area (Å²) in [4.78, 5) is 18.4. The Morgan fingerprint density at radius 1 is 1.44 bits per heavy atom. The number of carbonyl (C=O) groups excluding carboxylic acids is 1. The Labute approximate surface area is 164 Å². The summed E-state index contributed by atoms with van der Waals surface area (Å²) in [5.41, 5.74) is 2.11. The van der Waals surface area contributed by atoms with Crippen LogP contribution in [-0.4, -0.2) is 55.3 Å². The third-order valence-corrected chi connectivity index (χ3v) is 5.54. The van der Waals surface area contributed by atoms with E-state index in [-0.39, 0.29) is 18.7 Å². The number of thiazole rings is 1. The lowest BCUT2D eigenvalue weighted by molar-refractivity contribution is -0.142. The first-order valence-corrected chi connectivity index (χ1v) is 10.00. The maximum absolute atomic E-state index is 11.4. The second kappa shape index (κ2) is 9.30. The second-order valence-corrected chi connectivity index (χ2v) is 7.73. The Balaban J connectivity index is 1.63. The van der Waals surface area contributed by atoms with Gasteiger partial charge < -0.3 is 14.2 Å². The first-order valence-electron chi connectivity index (χ1n) is 9.12. The van der Waals surface area contributed by atoms with Crippen molar-refractivity contribution in [3.05, 3.63) is 45.9 Å². The number of benzene rings is 1. The SMILES string of the molecule is COC(=O)COc1ccccc1CC(C)N1CCOC(c2csc(C)n2)C1.